The van der Waals surface area contributed by atoms with Crippen molar-refractivity contribution in [3.8, 4) is 23.1 Å². The summed E-state index contributed by atoms with van der Waals surface area (Å²) in [6.45, 7) is 8.86. The van der Waals surface area contributed by atoms with Crippen LogP contribution in [0.2, 0.25) is 10.0 Å². The van der Waals surface area contributed by atoms with Gasteiger partial charge in [0.1, 0.15) is 29.5 Å². The quantitative estimate of drug-likeness (QED) is 0.297. The van der Waals surface area contributed by atoms with E-state index in [1.54, 1.807) is 42.4 Å². The average molecular weight is 653 g/mol. The topological polar surface area (TPSA) is 151 Å². The second-order valence-corrected chi connectivity index (χ2v) is 12.1. The van der Waals surface area contributed by atoms with E-state index in [-0.39, 0.29) is 41.5 Å². The van der Waals surface area contributed by atoms with Crippen molar-refractivity contribution in [1.29, 1.82) is 5.26 Å². The minimum absolute atomic E-state index is 0.100. The third-order valence-electron chi connectivity index (χ3n) is 6.97. The van der Waals surface area contributed by atoms with Crippen molar-refractivity contribution >= 4 is 52.1 Å². The van der Waals surface area contributed by atoms with Crippen LogP contribution < -0.4 is 15.6 Å². The fourth-order valence-corrected chi connectivity index (χ4v) is 5.34. The van der Waals surface area contributed by atoms with Gasteiger partial charge in [-0.25, -0.2) is 9.78 Å². The van der Waals surface area contributed by atoms with Gasteiger partial charge >= 0.3 is 6.09 Å². The lowest BCUT2D eigenvalue weighted by Crippen LogP contribution is -2.50. The van der Waals surface area contributed by atoms with Gasteiger partial charge in [0.25, 0.3) is 11.4 Å². The number of pyridine rings is 1. The van der Waals surface area contributed by atoms with Crippen LogP contribution in [-0.4, -0.2) is 85.6 Å². The Labute approximate surface area is 269 Å². The molecule has 5 rings (SSSR count). The number of rotatable bonds is 7. The Bertz CT molecular complexity index is 1820. The van der Waals surface area contributed by atoms with E-state index in [2.05, 4.69) is 36.5 Å². The number of carbonyl (C=O) groups excluding carboxylic acids is 1. The predicted octanol–water partition coefficient (Wildman–Crippen LogP) is 4.64. The molecule has 234 valence electrons. The molecule has 4 heterocycles. The van der Waals surface area contributed by atoms with Gasteiger partial charge in [-0.1, -0.05) is 29.3 Å². The van der Waals surface area contributed by atoms with Gasteiger partial charge in [-0.05, 0) is 39.0 Å². The molecule has 1 fully saturated rings. The standard InChI is InChI=1S/C30H31Cl2N9O4/c1-30(2,3)45-29(43)41-10-8-40(9-11-41)12-13-44-26-18(16-33)15-23(37-38-26)35-28-34-17-19-14-20(27(42)39(4)25(19)36-28)24-21(31)6-5-7-22(24)32/h5-7,14-15,17H,8-13H2,1-4H3,(H,34,35,36,37). The van der Waals surface area contributed by atoms with Crippen LogP contribution in [0.4, 0.5) is 16.6 Å². The fraction of sp³-hybridized carbons (Fsp3) is 0.367. The number of halogens is 2. The van der Waals surface area contributed by atoms with Crippen LogP contribution in [0.1, 0.15) is 26.3 Å². The van der Waals surface area contributed by atoms with Crippen LogP contribution in [0, 0.1) is 11.3 Å². The molecule has 45 heavy (non-hydrogen) atoms. The summed E-state index contributed by atoms with van der Waals surface area (Å²) < 4.78 is 12.6. The number of benzene rings is 1. The Hall–Kier alpha value is -4.51. The van der Waals surface area contributed by atoms with Gasteiger partial charge in [0.2, 0.25) is 5.95 Å². The van der Waals surface area contributed by atoms with E-state index in [9.17, 15) is 14.9 Å². The molecule has 0 saturated carbocycles. The third-order valence-corrected chi connectivity index (χ3v) is 7.60. The van der Waals surface area contributed by atoms with Gasteiger partial charge in [0.15, 0.2) is 5.82 Å². The Morgan fingerprint density at radius 1 is 1.11 bits per heavy atom. The van der Waals surface area contributed by atoms with E-state index >= 15 is 0 Å². The number of nitrogens with zero attached hydrogens (tertiary/aromatic N) is 8. The Morgan fingerprint density at radius 3 is 2.49 bits per heavy atom. The molecule has 1 N–H and O–H groups in total. The molecule has 0 unspecified atom stereocenters. The molecule has 0 atom stereocenters. The van der Waals surface area contributed by atoms with E-state index in [0.29, 0.717) is 64.9 Å². The highest BCUT2D eigenvalue weighted by Crippen LogP contribution is 2.33. The van der Waals surface area contributed by atoms with Gasteiger partial charge in [-0.3, -0.25) is 14.3 Å². The Kier molecular flexibility index (Phi) is 9.38. The van der Waals surface area contributed by atoms with Crippen molar-refractivity contribution in [2.24, 2.45) is 7.05 Å². The van der Waals surface area contributed by atoms with Crippen molar-refractivity contribution in [3.05, 3.63) is 62.5 Å². The summed E-state index contributed by atoms with van der Waals surface area (Å²) in [5, 5.41) is 22.1. The number of aryl methyl sites for hydroxylation is 1. The molecule has 1 amide bonds. The van der Waals surface area contributed by atoms with Crippen LogP contribution in [0.3, 0.4) is 0 Å². The largest absolute Gasteiger partial charge is 0.474 e. The summed E-state index contributed by atoms with van der Waals surface area (Å²) in [6.07, 6.45) is 1.24. The number of hydrogen-bond acceptors (Lipinski definition) is 11. The summed E-state index contributed by atoms with van der Waals surface area (Å²) in [7, 11) is 1.59. The lowest BCUT2D eigenvalue weighted by Gasteiger charge is -2.35. The molecule has 1 aliphatic rings. The minimum Gasteiger partial charge on any atom is -0.474 e. The molecule has 15 heteroatoms. The summed E-state index contributed by atoms with van der Waals surface area (Å²) in [5.74, 6) is 0.474. The Balaban J connectivity index is 1.22. The highest BCUT2D eigenvalue weighted by Gasteiger charge is 2.26. The van der Waals surface area contributed by atoms with Crippen molar-refractivity contribution in [2.75, 3.05) is 44.6 Å². The number of piperazine rings is 1. The molecule has 3 aromatic heterocycles. The smallest absolute Gasteiger partial charge is 0.410 e. The minimum atomic E-state index is -0.534. The zero-order chi connectivity index (χ0) is 32.3. The molecule has 1 aliphatic heterocycles. The van der Waals surface area contributed by atoms with Crippen LogP contribution in [0.5, 0.6) is 5.88 Å². The number of ether oxygens (including phenoxy) is 2. The number of anilines is 2. The fourth-order valence-electron chi connectivity index (χ4n) is 4.74. The summed E-state index contributed by atoms with van der Waals surface area (Å²) in [6, 6.07) is 10.2. The number of nitrogens with one attached hydrogen (secondary N) is 1. The van der Waals surface area contributed by atoms with E-state index in [1.807, 2.05) is 20.8 Å². The number of nitriles is 1. The van der Waals surface area contributed by atoms with Crippen molar-refractivity contribution in [1.82, 2.24) is 34.5 Å². The summed E-state index contributed by atoms with van der Waals surface area (Å²) >= 11 is 12.7. The van der Waals surface area contributed by atoms with Gasteiger partial charge in [0.05, 0.1) is 15.6 Å². The molecular weight excluding hydrogens is 621 g/mol. The first kappa shape index (κ1) is 31.9. The van der Waals surface area contributed by atoms with Gasteiger partial charge in [-0.2, -0.15) is 10.2 Å². The average Bonchev–Trinajstić information content (AvgIpc) is 3.00. The second kappa shape index (κ2) is 13.2. The molecule has 0 radical (unpaired) electrons. The van der Waals surface area contributed by atoms with Crippen LogP contribution in [-0.2, 0) is 11.8 Å². The third kappa shape index (κ3) is 7.42. The maximum atomic E-state index is 13.2. The molecule has 1 saturated heterocycles. The number of aromatic nitrogens is 5. The molecule has 0 aliphatic carbocycles. The molecule has 0 bridgehead atoms. The van der Waals surface area contributed by atoms with Gasteiger partial charge < -0.3 is 19.7 Å². The zero-order valence-corrected chi connectivity index (χ0v) is 26.7. The van der Waals surface area contributed by atoms with Crippen LogP contribution in [0.25, 0.3) is 22.2 Å². The van der Waals surface area contributed by atoms with Crippen molar-refractivity contribution < 1.29 is 14.3 Å². The van der Waals surface area contributed by atoms with Gasteiger partial charge in [-0.15, -0.1) is 10.2 Å². The lowest BCUT2D eigenvalue weighted by atomic mass is 10.1. The van der Waals surface area contributed by atoms with E-state index in [1.165, 1.54) is 10.6 Å². The van der Waals surface area contributed by atoms with Crippen LogP contribution in [0.15, 0.2) is 41.3 Å². The van der Waals surface area contributed by atoms with E-state index in [4.69, 9.17) is 32.7 Å². The number of amides is 1. The Morgan fingerprint density at radius 2 is 1.82 bits per heavy atom. The number of hydrogen-bond donors (Lipinski definition) is 1. The second-order valence-electron chi connectivity index (χ2n) is 11.3. The van der Waals surface area contributed by atoms with E-state index < -0.39 is 5.60 Å². The maximum Gasteiger partial charge on any atom is 0.410 e. The lowest BCUT2D eigenvalue weighted by molar-refractivity contribution is 0.0136. The molecule has 1 aromatic carbocycles. The van der Waals surface area contributed by atoms with Gasteiger partial charge in [0, 0.05) is 63.0 Å². The first-order valence-corrected chi connectivity index (χ1v) is 14.9. The monoisotopic (exact) mass is 651 g/mol. The first-order valence-electron chi connectivity index (χ1n) is 14.1. The summed E-state index contributed by atoms with van der Waals surface area (Å²) in [4.78, 5) is 38.2. The first-order chi connectivity index (χ1) is 21.4. The maximum absolute atomic E-state index is 13.2. The normalized spacial score (nSPS) is 13.8. The van der Waals surface area contributed by atoms with Crippen molar-refractivity contribution in [2.45, 2.75) is 26.4 Å². The number of fused-ring (bicyclic) bond motifs is 1. The van der Waals surface area contributed by atoms with Crippen molar-refractivity contribution in [3.63, 3.8) is 0 Å². The summed E-state index contributed by atoms with van der Waals surface area (Å²) in [5.41, 5.74) is 0.440. The predicted molar refractivity (Wildman–Crippen MR) is 170 cm³/mol. The van der Waals surface area contributed by atoms with Crippen LogP contribution >= 0.6 is 23.2 Å². The number of carbonyl (C=O) groups is 1. The van der Waals surface area contributed by atoms with E-state index in [0.717, 1.165) is 0 Å². The highest BCUT2D eigenvalue weighted by molar-refractivity contribution is 6.39. The molecule has 0 spiro atoms. The SMILES string of the molecule is Cn1c(=O)c(-c2c(Cl)cccc2Cl)cc2cnc(Nc3cc(C#N)c(OCCN4CCN(C(=O)OC(C)(C)C)CC4)nn3)nc21. The zero-order valence-electron chi connectivity index (χ0n) is 25.2. The molecular formula is C30H31Cl2N9O4. The molecule has 4 aromatic rings. The highest BCUT2D eigenvalue weighted by atomic mass is 35.5. The molecule has 13 nitrogen and oxygen atoms in total.